The number of hydrogen-bond donors (Lipinski definition) is 1. The Morgan fingerprint density at radius 2 is 1.94 bits per heavy atom. The Kier molecular flexibility index (Phi) is 2.60. The predicted molar refractivity (Wildman–Crippen MR) is 64.7 cm³/mol. The summed E-state index contributed by atoms with van der Waals surface area (Å²) in [6.07, 6.45) is 5.27. The molecule has 0 unspecified atom stereocenters. The second kappa shape index (κ2) is 4.10. The van der Waals surface area contributed by atoms with Crippen LogP contribution >= 0.6 is 0 Å². The number of aromatic hydroxyl groups is 1. The van der Waals surface area contributed by atoms with Crippen LogP contribution in [0.3, 0.4) is 0 Å². The van der Waals surface area contributed by atoms with E-state index in [4.69, 9.17) is 0 Å². The molecule has 2 nitrogen and oxygen atoms in total. The normalized spacial score (nSPS) is 30.2. The van der Waals surface area contributed by atoms with E-state index >= 15 is 0 Å². The summed E-state index contributed by atoms with van der Waals surface area (Å²) >= 11 is 0. The maximum Gasteiger partial charge on any atom is 0.115 e. The Morgan fingerprint density at radius 1 is 1.12 bits per heavy atom. The van der Waals surface area contributed by atoms with Crippen LogP contribution in [-0.4, -0.2) is 29.1 Å². The maximum absolute atomic E-state index is 9.57. The van der Waals surface area contributed by atoms with Crippen LogP contribution in [0.4, 0.5) is 0 Å². The molecule has 0 amide bonds. The molecule has 2 heterocycles. The number of phenols is 1. The highest BCUT2D eigenvalue weighted by Crippen LogP contribution is 2.38. The van der Waals surface area contributed by atoms with E-state index in [9.17, 15) is 5.11 Å². The molecule has 2 saturated heterocycles. The summed E-state index contributed by atoms with van der Waals surface area (Å²) in [5.41, 5.74) is 1.33. The van der Waals surface area contributed by atoms with Gasteiger partial charge in [0.2, 0.25) is 0 Å². The van der Waals surface area contributed by atoms with E-state index in [-0.39, 0.29) is 0 Å². The van der Waals surface area contributed by atoms with Gasteiger partial charge in [0.05, 0.1) is 0 Å². The number of phenolic OH excluding ortho intramolecular Hbond substituents is 1. The van der Waals surface area contributed by atoms with Gasteiger partial charge >= 0.3 is 0 Å². The second-order valence-corrected chi connectivity index (χ2v) is 5.09. The zero-order valence-corrected chi connectivity index (χ0v) is 9.60. The van der Waals surface area contributed by atoms with Gasteiger partial charge in [-0.1, -0.05) is 12.1 Å². The molecule has 2 aliphatic rings. The van der Waals surface area contributed by atoms with Gasteiger partial charge in [-0.15, -0.1) is 0 Å². The van der Waals surface area contributed by atoms with Gasteiger partial charge in [-0.3, -0.25) is 4.90 Å². The molecule has 0 saturated carbocycles. The van der Waals surface area contributed by atoms with Crippen LogP contribution < -0.4 is 0 Å². The number of rotatable bonds is 1. The van der Waals surface area contributed by atoms with Gasteiger partial charge < -0.3 is 5.11 Å². The number of piperidine rings is 1. The van der Waals surface area contributed by atoms with E-state index < -0.39 is 0 Å². The SMILES string of the molecule is Oc1cccc([C@H]2CCCN3CCC[C@H]23)c1. The summed E-state index contributed by atoms with van der Waals surface area (Å²) in [5.74, 6) is 1.05. The largest absolute Gasteiger partial charge is 0.508 e. The van der Waals surface area contributed by atoms with E-state index in [2.05, 4.69) is 11.0 Å². The third-order valence-electron chi connectivity index (χ3n) is 4.14. The van der Waals surface area contributed by atoms with Crippen LogP contribution in [-0.2, 0) is 0 Å². The highest BCUT2D eigenvalue weighted by atomic mass is 16.3. The predicted octanol–water partition coefficient (Wildman–Crippen LogP) is 2.73. The lowest BCUT2D eigenvalue weighted by molar-refractivity contribution is 0.172. The molecule has 0 aliphatic carbocycles. The van der Waals surface area contributed by atoms with Crippen molar-refractivity contribution in [3.8, 4) is 5.75 Å². The highest BCUT2D eigenvalue weighted by Gasteiger charge is 2.35. The van der Waals surface area contributed by atoms with Gasteiger partial charge in [-0.2, -0.15) is 0 Å². The first kappa shape index (κ1) is 10.2. The van der Waals surface area contributed by atoms with Crippen LogP contribution in [0.15, 0.2) is 24.3 Å². The Labute approximate surface area is 96.9 Å². The van der Waals surface area contributed by atoms with Crippen molar-refractivity contribution in [3.05, 3.63) is 29.8 Å². The van der Waals surface area contributed by atoms with Gasteiger partial charge in [0, 0.05) is 6.04 Å². The van der Waals surface area contributed by atoms with Crippen molar-refractivity contribution in [1.82, 2.24) is 4.90 Å². The molecule has 1 aromatic carbocycles. The number of nitrogens with zero attached hydrogens (tertiary/aromatic N) is 1. The average molecular weight is 217 g/mol. The summed E-state index contributed by atoms with van der Waals surface area (Å²) in [4.78, 5) is 2.64. The summed E-state index contributed by atoms with van der Waals surface area (Å²) < 4.78 is 0. The topological polar surface area (TPSA) is 23.5 Å². The summed E-state index contributed by atoms with van der Waals surface area (Å²) in [5, 5.41) is 9.57. The molecule has 3 rings (SSSR count). The molecule has 0 bridgehead atoms. The number of benzene rings is 1. The average Bonchev–Trinajstić information content (AvgIpc) is 2.76. The van der Waals surface area contributed by atoms with Gasteiger partial charge in [0.15, 0.2) is 0 Å². The van der Waals surface area contributed by atoms with Crippen molar-refractivity contribution in [3.63, 3.8) is 0 Å². The maximum atomic E-state index is 9.57. The first-order valence-electron chi connectivity index (χ1n) is 6.37. The molecule has 2 fully saturated rings. The summed E-state index contributed by atoms with van der Waals surface area (Å²) in [6, 6.07) is 8.59. The zero-order valence-electron chi connectivity index (χ0n) is 9.60. The molecule has 86 valence electrons. The second-order valence-electron chi connectivity index (χ2n) is 5.09. The molecule has 0 radical (unpaired) electrons. The zero-order chi connectivity index (χ0) is 11.0. The highest BCUT2D eigenvalue weighted by molar-refractivity contribution is 5.31. The quantitative estimate of drug-likeness (QED) is 0.782. The van der Waals surface area contributed by atoms with Crippen LogP contribution in [0.1, 0.15) is 37.2 Å². The number of fused-ring (bicyclic) bond motifs is 1. The minimum Gasteiger partial charge on any atom is -0.508 e. The van der Waals surface area contributed by atoms with Gasteiger partial charge in [0.25, 0.3) is 0 Å². The van der Waals surface area contributed by atoms with Crippen molar-refractivity contribution in [2.45, 2.75) is 37.6 Å². The van der Waals surface area contributed by atoms with Gasteiger partial charge in [-0.25, -0.2) is 0 Å². The van der Waals surface area contributed by atoms with Crippen LogP contribution in [0.5, 0.6) is 5.75 Å². The Balaban J connectivity index is 1.88. The van der Waals surface area contributed by atoms with Crippen molar-refractivity contribution < 1.29 is 5.11 Å². The Hall–Kier alpha value is -1.02. The molecule has 2 atom stereocenters. The first-order chi connectivity index (χ1) is 7.84. The third kappa shape index (κ3) is 1.71. The van der Waals surface area contributed by atoms with Gasteiger partial charge in [0.1, 0.15) is 5.75 Å². The smallest absolute Gasteiger partial charge is 0.115 e. The Morgan fingerprint density at radius 3 is 2.75 bits per heavy atom. The standard InChI is InChI=1S/C14H19NO/c16-12-5-1-4-11(10-12)13-6-2-8-15-9-3-7-14(13)15/h1,4-5,10,13-14,16H,2-3,6-9H2/t13-,14-/m1/s1. The van der Waals surface area contributed by atoms with Crippen molar-refractivity contribution >= 4 is 0 Å². The van der Waals surface area contributed by atoms with E-state index in [0.717, 1.165) is 6.04 Å². The fourth-order valence-electron chi connectivity index (χ4n) is 3.44. The monoisotopic (exact) mass is 217 g/mol. The number of hydrogen-bond acceptors (Lipinski definition) is 2. The molecule has 2 heteroatoms. The van der Waals surface area contributed by atoms with E-state index in [1.54, 1.807) is 6.07 Å². The molecule has 1 N–H and O–H groups in total. The summed E-state index contributed by atoms with van der Waals surface area (Å²) in [7, 11) is 0. The lowest BCUT2D eigenvalue weighted by atomic mass is 9.83. The molecular weight excluding hydrogens is 198 g/mol. The van der Waals surface area contributed by atoms with E-state index in [0.29, 0.717) is 11.7 Å². The van der Waals surface area contributed by atoms with Crippen LogP contribution in [0, 0.1) is 0 Å². The molecular formula is C14H19NO. The molecule has 0 spiro atoms. The first-order valence-corrected chi connectivity index (χ1v) is 6.37. The minimum atomic E-state index is 0.410. The van der Waals surface area contributed by atoms with Crippen molar-refractivity contribution in [2.75, 3.05) is 13.1 Å². The van der Waals surface area contributed by atoms with E-state index in [1.807, 2.05) is 12.1 Å². The van der Waals surface area contributed by atoms with Gasteiger partial charge in [-0.05, 0) is 62.4 Å². The molecule has 1 aromatic rings. The summed E-state index contributed by atoms with van der Waals surface area (Å²) in [6.45, 7) is 2.56. The lowest BCUT2D eigenvalue weighted by Crippen LogP contribution is -2.39. The fourth-order valence-corrected chi connectivity index (χ4v) is 3.44. The molecule has 0 aromatic heterocycles. The fraction of sp³-hybridized carbons (Fsp3) is 0.571. The van der Waals surface area contributed by atoms with Crippen LogP contribution in [0.2, 0.25) is 0 Å². The van der Waals surface area contributed by atoms with E-state index in [1.165, 1.54) is 44.3 Å². The minimum absolute atomic E-state index is 0.410. The van der Waals surface area contributed by atoms with Crippen LogP contribution in [0.25, 0.3) is 0 Å². The molecule has 16 heavy (non-hydrogen) atoms. The van der Waals surface area contributed by atoms with Crippen molar-refractivity contribution in [2.24, 2.45) is 0 Å². The third-order valence-corrected chi connectivity index (χ3v) is 4.14. The Bertz CT molecular complexity index is 377. The van der Waals surface area contributed by atoms with Crippen molar-refractivity contribution in [1.29, 1.82) is 0 Å². The lowest BCUT2D eigenvalue weighted by Gasteiger charge is -2.37. The molecule has 2 aliphatic heterocycles.